The zero-order chi connectivity index (χ0) is 11.3. The third-order valence-corrected chi connectivity index (χ3v) is 3.90. The van der Waals surface area contributed by atoms with Crippen LogP contribution in [-0.4, -0.2) is 4.98 Å². The molecule has 4 heteroatoms. The van der Waals surface area contributed by atoms with Crippen LogP contribution in [-0.2, 0) is 12.8 Å². The monoisotopic (exact) mass is 271 g/mol. The van der Waals surface area contributed by atoms with Crippen molar-refractivity contribution in [3.05, 3.63) is 38.5 Å². The van der Waals surface area contributed by atoms with E-state index in [-0.39, 0.29) is 0 Å². The van der Waals surface area contributed by atoms with Gasteiger partial charge in [0.25, 0.3) is 0 Å². The molecule has 0 N–H and O–H groups in total. The third-order valence-electron chi connectivity index (χ3n) is 2.96. The van der Waals surface area contributed by atoms with Crippen LogP contribution >= 0.6 is 34.8 Å². The van der Waals surface area contributed by atoms with Crippen LogP contribution in [0.3, 0.4) is 0 Å². The zero-order valence-electron chi connectivity index (χ0n) is 8.36. The standard InChI is InChI=1S/C12H8Cl3N/c13-6-4-8(14)11-10(5-6)16-9-3-1-2-7(9)12(11)15/h4-5H,1-3H2. The molecule has 0 fully saturated rings. The number of hydrogen-bond donors (Lipinski definition) is 0. The summed E-state index contributed by atoms with van der Waals surface area (Å²) in [5, 5.41) is 2.75. The van der Waals surface area contributed by atoms with Gasteiger partial charge in [-0.3, -0.25) is 4.98 Å². The number of aromatic nitrogens is 1. The topological polar surface area (TPSA) is 12.9 Å². The molecule has 0 saturated carbocycles. The summed E-state index contributed by atoms with van der Waals surface area (Å²) >= 11 is 18.5. The first-order chi connectivity index (χ1) is 7.66. The Bertz CT molecular complexity index is 593. The highest BCUT2D eigenvalue weighted by atomic mass is 35.5. The van der Waals surface area contributed by atoms with Crippen molar-refractivity contribution in [1.29, 1.82) is 0 Å². The SMILES string of the molecule is Clc1cc(Cl)c2c(Cl)c3c(nc2c1)CCC3. The molecule has 0 radical (unpaired) electrons. The van der Waals surface area contributed by atoms with Gasteiger partial charge in [0.05, 0.1) is 15.6 Å². The van der Waals surface area contributed by atoms with Crippen molar-refractivity contribution in [2.45, 2.75) is 19.3 Å². The average Bonchev–Trinajstić information content (AvgIpc) is 2.64. The molecule has 0 bridgehead atoms. The maximum absolute atomic E-state index is 6.38. The van der Waals surface area contributed by atoms with Crippen LogP contribution in [0.25, 0.3) is 10.9 Å². The lowest BCUT2D eigenvalue weighted by atomic mass is 10.1. The molecule has 3 rings (SSSR count). The molecule has 1 aliphatic carbocycles. The Morgan fingerprint density at radius 2 is 1.88 bits per heavy atom. The molecule has 1 nitrogen and oxygen atoms in total. The summed E-state index contributed by atoms with van der Waals surface area (Å²) < 4.78 is 0. The van der Waals surface area contributed by atoms with Crippen LogP contribution in [0.4, 0.5) is 0 Å². The van der Waals surface area contributed by atoms with Gasteiger partial charge in [0.1, 0.15) is 0 Å². The Morgan fingerprint density at radius 1 is 1.06 bits per heavy atom. The van der Waals surface area contributed by atoms with Gasteiger partial charge in [-0.05, 0) is 37.0 Å². The summed E-state index contributed by atoms with van der Waals surface area (Å²) in [5.74, 6) is 0. The molecule has 2 aromatic rings. The van der Waals surface area contributed by atoms with Gasteiger partial charge in [-0.15, -0.1) is 0 Å². The number of pyridine rings is 1. The van der Waals surface area contributed by atoms with E-state index in [1.165, 1.54) is 0 Å². The number of benzene rings is 1. The molecule has 1 aliphatic rings. The number of nitrogens with zero attached hydrogens (tertiary/aromatic N) is 1. The molecule has 0 saturated heterocycles. The second-order valence-corrected chi connectivity index (χ2v) is 5.21. The van der Waals surface area contributed by atoms with Crippen LogP contribution in [0.1, 0.15) is 17.7 Å². The highest BCUT2D eigenvalue weighted by Crippen LogP contribution is 2.38. The Kier molecular flexibility index (Phi) is 2.50. The molecule has 82 valence electrons. The van der Waals surface area contributed by atoms with Crippen molar-refractivity contribution >= 4 is 45.7 Å². The second-order valence-electron chi connectivity index (χ2n) is 3.99. The maximum atomic E-state index is 6.38. The number of fused-ring (bicyclic) bond motifs is 2. The van der Waals surface area contributed by atoms with E-state index in [4.69, 9.17) is 34.8 Å². The van der Waals surface area contributed by atoms with E-state index in [1.54, 1.807) is 6.07 Å². The first kappa shape index (κ1) is 10.6. The highest BCUT2D eigenvalue weighted by molar-refractivity contribution is 6.43. The molecule has 1 aromatic heterocycles. The summed E-state index contributed by atoms with van der Waals surface area (Å²) in [6.45, 7) is 0. The Morgan fingerprint density at radius 3 is 2.69 bits per heavy atom. The van der Waals surface area contributed by atoms with Crippen LogP contribution in [0.2, 0.25) is 15.1 Å². The number of hydrogen-bond acceptors (Lipinski definition) is 1. The van der Waals surface area contributed by atoms with E-state index in [0.717, 1.165) is 46.4 Å². The molecule has 0 atom stereocenters. The quantitative estimate of drug-likeness (QED) is 0.678. The van der Waals surface area contributed by atoms with Gasteiger partial charge in [-0.25, -0.2) is 0 Å². The Balaban J connectivity index is 2.46. The van der Waals surface area contributed by atoms with Crippen LogP contribution in [0.5, 0.6) is 0 Å². The largest absolute Gasteiger partial charge is 0.252 e. The van der Waals surface area contributed by atoms with Gasteiger partial charge in [0.2, 0.25) is 0 Å². The first-order valence-electron chi connectivity index (χ1n) is 5.13. The second kappa shape index (κ2) is 3.76. The minimum atomic E-state index is 0.578. The van der Waals surface area contributed by atoms with E-state index >= 15 is 0 Å². The molecule has 1 aromatic carbocycles. The Labute approximate surface area is 108 Å². The fourth-order valence-electron chi connectivity index (χ4n) is 2.25. The lowest BCUT2D eigenvalue weighted by Crippen LogP contribution is -1.92. The summed E-state index contributed by atoms with van der Waals surface area (Å²) in [6.07, 6.45) is 3.11. The van der Waals surface area contributed by atoms with E-state index in [9.17, 15) is 0 Å². The smallest absolute Gasteiger partial charge is 0.0750 e. The first-order valence-corrected chi connectivity index (χ1v) is 6.26. The fourth-order valence-corrected chi connectivity index (χ4v) is 3.28. The Hall–Kier alpha value is -0.500. The van der Waals surface area contributed by atoms with E-state index < -0.39 is 0 Å². The van der Waals surface area contributed by atoms with Gasteiger partial charge >= 0.3 is 0 Å². The van der Waals surface area contributed by atoms with Crippen LogP contribution in [0.15, 0.2) is 12.1 Å². The predicted octanol–water partition coefficient (Wildman–Crippen LogP) is 4.68. The molecule has 0 aliphatic heterocycles. The molecule has 0 amide bonds. The number of rotatable bonds is 0. The van der Waals surface area contributed by atoms with E-state index in [2.05, 4.69) is 4.98 Å². The van der Waals surface area contributed by atoms with Gasteiger partial charge in [0.15, 0.2) is 0 Å². The number of aryl methyl sites for hydroxylation is 1. The normalized spacial score (nSPS) is 14.4. The van der Waals surface area contributed by atoms with Gasteiger partial charge in [-0.1, -0.05) is 34.8 Å². The van der Waals surface area contributed by atoms with Crippen molar-refractivity contribution in [2.75, 3.05) is 0 Å². The average molecular weight is 273 g/mol. The van der Waals surface area contributed by atoms with Crippen LogP contribution < -0.4 is 0 Å². The van der Waals surface area contributed by atoms with E-state index in [1.807, 2.05) is 6.07 Å². The highest BCUT2D eigenvalue weighted by Gasteiger charge is 2.19. The molecule has 0 unspecified atom stereocenters. The van der Waals surface area contributed by atoms with Crippen molar-refractivity contribution in [2.24, 2.45) is 0 Å². The van der Waals surface area contributed by atoms with Gasteiger partial charge in [-0.2, -0.15) is 0 Å². The third kappa shape index (κ3) is 1.50. The lowest BCUT2D eigenvalue weighted by Gasteiger charge is -2.08. The fraction of sp³-hybridized carbons (Fsp3) is 0.250. The molecule has 16 heavy (non-hydrogen) atoms. The minimum Gasteiger partial charge on any atom is -0.252 e. The van der Waals surface area contributed by atoms with Crippen molar-refractivity contribution in [1.82, 2.24) is 4.98 Å². The van der Waals surface area contributed by atoms with Crippen molar-refractivity contribution in [3.63, 3.8) is 0 Å². The molecule has 1 heterocycles. The van der Waals surface area contributed by atoms with E-state index in [0.29, 0.717) is 10.0 Å². The summed E-state index contributed by atoms with van der Waals surface area (Å²) in [6, 6.07) is 3.52. The summed E-state index contributed by atoms with van der Waals surface area (Å²) in [5.41, 5.74) is 3.04. The maximum Gasteiger partial charge on any atom is 0.0750 e. The zero-order valence-corrected chi connectivity index (χ0v) is 10.6. The minimum absolute atomic E-state index is 0.578. The summed E-state index contributed by atoms with van der Waals surface area (Å²) in [4.78, 5) is 4.58. The number of halogens is 3. The predicted molar refractivity (Wildman–Crippen MR) is 68.8 cm³/mol. The van der Waals surface area contributed by atoms with Crippen molar-refractivity contribution < 1.29 is 0 Å². The van der Waals surface area contributed by atoms with Gasteiger partial charge < -0.3 is 0 Å². The van der Waals surface area contributed by atoms with Gasteiger partial charge in [0, 0.05) is 16.1 Å². The molecule has 0 spiro atoms. The summed E-state index contributed by atoms with van der Waals surface area (Å²) in [7, 11) is 0. The molecular formula is C12H8Cl3N. The molecular weight excluding hydrogens is 264 g/mol. The van der Waals surface area contributed by atoms with Crippen molar-refractivity contribution in [3.8, 4) is 0 Å². The lowest BCUT2D eigenvalue weighted by molar-refractivity contribution is 0.901. The van der Waals surface area contributed by atoms with Crippen LogP contribution in [0, 0.1) is 0 Å².